The summed E-state index contributed by atoms with van der Waals surface area (Å²) in [6, 6.07) is 6.06. The van der Waals surface area contributed by atoms with Crippen LogP contribution in [0.15, 0.2) is 36.9 Å². The van der Waals surface area contributed by atoms with Crippen LogP contribution >= 0.6 is 11.8 Å². The number of aryl methyl sites for hydroxylation is 1. The lowest BCUT2D eigenvalue weighted by atomic mass is 9.93. The van der Waals surface area contributed by atoms with Crippen molar-refractivity contribution in [3.63, 3.8) is 0 Å². The highest BCUT2D eigenvalue weighted by Crippen LogP contribution is 2.27. The average Bonchev–Trinajstić information content (AvgIpc) is 2.81. The minimum atomic E-state index is -0.837. The maximum Gasteiger partial charge on any atom is 0.408 e. The minimum Gasteiger partial charge on any atom is -0.444 e. The molecule has 1 aromatic rings. The molecule has 0 radical (unpaired) electrons. The van der Waals surface area contributed by atoms with Crippen LogP contribution in [0, 0.1) is 6.92 Å². The molecular weight excluding hydrogens is 474 g/mol. The molecule has 2 atom stereocenters. The van der Waals surface area contributed by atoms with Crippen molar-refractivity contribution in [2.24, 2.45) is 0 Å². The maximum absolute atomic E-state index is 14.0. The van der Waals surface area contributed by atoms with Crippen molar-refractivity contribution in [2.75, 3.05) is 18.6 Å². The van der Waals surface area contributed by atoms with E-state index in [0.717, 1.165) is 36.8 Å². The molecule has 0 spiro atoms. The van der Waals surface area contributed by atoms with Crippen LogP contribution in [0.2, 0.25) is 0 Å². The van der Waals surface area contributed by atoms with E-state index in [1.165, 1.54) is 11.3 Å². The summed E-state index contributed by atoms with van der Waals surface area (Å²) >= 11 is 1.59. The monoisotopic (exact) mass is 517 g/mol. The topological polar surface area (TPSA) is 87.7 Å². The first-order valence-electron chi connectivity index (χ1n) is 12.8. The molecule has 2 unspecified atom stereocenters. The van der Waals surface area contributed by atoms with E-state index >= 15 is 0 Å². The SMILES string of the molecule is C=CCN(C(=O)C(CCSC)NC(=O)OC(C)(C)C)C(C(=O)NC1CCCCC1)c1ccccc1C. The zero-order valence-electron chi connectivity index (χ0n) is 22.5. The highest BCUT2D eigenvalue weighted by atomic mass is 32.2. The van der Waals surface area contributed by atoms with Gasteiger partial charge in [-0.25, -0.2) is 4.79 Å². The fourth-order valence-electron chi connectivity index (χ4n) is 4.48. The molecule has 1 saturated carbocycles. The smallest absolute Gasteiger partial charge is 0.408 e. The Balaban J connectivity index is 2.41. The van der Waals surface area contributed by atoms with Crippen molar-refractivity contribution in [3.05, 3.63) is 48.0 Å². The number of benzene rings is 1. The van der Waals surface area contributed by atoms with Crippen molar-refractivity contribution in [1.82, 2.24) is 15.5 Å². The van der Waals surface area contributed by atoms with E-state index < -0.39 is 23.8 Å². The van der Waals surface area contributed by atoms with Crippen LogP contribution in [0.5, 0.6) is 0 Å². The van der Waals surface area contributed by atoms with Crippen LogP contribution in [0.3, 0.4) is 0 Å². The first kappa shape index (κ1) is 29.7. The molecular formula is C28H43N3O4S. The van der Waals surface area contributed by atoms with Gasteiger partial charge in [-0.3, -0.25) is 9.59 Å². The molecule has 200 valence electrons. The van der Waals surface area contributed by atoms with E-state index in [2.05, 4.69) is 17.2 Å². The Morgan fingerprint density at radius 2 is 1.86 bits per heavy atom. The van der Waals surface area contributed by atoms with Gasteiger partial charge in [0.1, 0.15) is 17.7 Å². The molecule has 1 aromatic carbocycles. The van der Waals surface area contributed by atoms with Gasteiger partial charge < -0.3 is 20.3 Å². The van der Waals surface area contributed by atoms with E-state index in [1.54, 1.807) is 38.6 Å². The van der Waals surface area contributed by atoms with Gasteiger partial charge >= 0.3 is 6.09 Å². The van der Waals surface area contributed by atoms with Gasteiger partial charge in [-0.05, 0) is 70.1 Å². The molecule has 3 amide bonds. The van der Waals surface area contributed by atoms with Gasteiger partial charge in [-0.2, -0.15) is 11.8 Å². The third-order valence-electron chi connectivity index (χ3n) is 6.20. The average molecular weight is 518 g/mol. The van der Waals surface area contributed by atoms with Crippen LogP contribution in [0.1, 0.15) is 76.5 Å². The molecule has 2 N–H and O–H groups in total. The Morgan fingerprint density at radius 3 is 2.44 bits per heavy atom. The summed E-state index contributed by atoms with van der Waals surface area (Å²) in [7, 11) is 0. The number of thioether (sulfide) groups is 1. The second kappa shape index (κ2) is 14.3. The number of carbonyl (C=O) groups excluding carboxylic acids is 3. The Bertz CT molecular complexity index is 893. The lowest BCUT2D eigenvalue weighted by Crippen LogP contribution is -2.54. The summed E-state index contributed by atoms with van der Waals surface area (Å²) < 4.78 is 5.42. The van der Waals surface area contributed by atoms with Gasteiger partial charge in [0, 0.05) is 12.6 Å². The second-order valence-electron chi connectivity index (χ2n) is 10.4. The zero-order valence-corrected chi connectivity index (χ0v) is 23.3. The summed E-state index contributed by atoms with van der Waals surface area (Å²) in [5, 5.41) is 5.97. The fraction of sp³-hybridized carbons (Fsp3) is 0.607. The third kappa shape index (κ3) is 9.19. The third-order valence-corrected chi connectivity index (χ3v) is 6.85. The number of hydrogen-bond acceptors (Lipinski definition) is 5. The van der Waals surface area contributed by atoms with E-state index in [0.29, 0.717) is 12.2 Å². The standard InChI is InChI=1S/C28H43N3O4S/c1-7-18-31(26(33)23(17-19-36-6)30-27(34)35-28(3,4)5)24(22-16-12-11-13-20(22)2)25(32)29-21-14-9-8-10-15-21/h7,11-13,16,21,23-24H,1,8-10,14-15,17-19H2,2-6H3,(H,29,32)(H,30,34). The number of ether oxygens (including phenoxy) is 1. The lowest BCUT2D eigenvalue weighted by molar-refractivity contribution is -0.142. The zero-order chi connectivity index (χ0) is 26.7. The first-order chi connectivity index (χ1) is 17.1. The van der Waals surface area contributed by atoms with Crippen LogP contribution in [-0.2, 0) is 14.3 Å². The summed E-state index contributed by atoms with van der Waals surface area (Å²) in [5.74, 6) is 0.131. The summed E-state index contributed by atoms with van der Waals surface area (Å²) in [5.41, 5.74) is 0.993. The molecule has 36 heavy (non-hydrogen) atoms. The maximum atomic E-state index is 14.0. The molecule has 2 rings (SSSR count). The van der Waals surface area contributed by atoms with Gasteiger partial charge in [0.2, 0.25) is 11.8 Å². The summed E-state index contributed by atoms with van der Waals surface area (Å²) in [4.78, 5) is 41.9. The van der Waals surface area contributed by atoms with E-state index in [9.17, 15) is 14.4 Å². The van der Waals surface area contributed by atoms with Crippen molar-refractivity contribution in [3.8, 4) is 0 Å². The van der Waals surface area contributed by atoms with Crippen LogP contribution < -0.4 is 10.6 Å². The lowest BCUT2D eigenvalue weighted by Gasteiger charge is -2.35. The number of nitrogens with zero attached hydrogens (tertiary/aromatic N) is 1. The predicted molar refractivity (Wildman–Crippen MR) is 147 cm³/mol. The second-order valence-corrected chi connectivity index (χ2v) is 11.3. The van der Waals surface area contributed by atoms with E-state index in [4.69, 9.17) is 4.74 Å². The number of rotatable bonds is 11. The van der Waals surface area contributed by atoms with Crippen molar-refractivity contribution >= 4 is 29.7 Å². The van der Waals surface area contributed by atoms with Gasteiger partial charge in [-0.15, -0.1) is 6.58 Å². The molecule has 0 aromatic heterocycles. The Kier molecular flexibility index (Phi) is 11.8. The molecule has 1 fully saturated rings. The molecule has 8 heteroatoms. The normalized spacial score (nSPS) is 15.9. The van der Waals surface area contributed by atoms with Gasteiger partial charge in [0.05, 0.1) is 0 Å². The largest absolute Gasteiger partial charge is 0.444 e. The van der Waals surface area contributed by atoms with Crippen LogP contribution in [0.4, 0.5) is 4.79 Å². The number of hydrogen-bond donors (Lipinski definition) is 2. The van der Waals surface area contributed by atoms with Crippen LogP contribution in [0.25, 0.3) is 0 Å². The number of amides is 3. The van der Waals surface area contributed by atoms with Gasteiger partial charge in [0.25, 0.3) is 0 Å². The Hall–Kier alpha value is -2.48. The minimum absolute atomic E-state index is 0.102. The molecule has 1 aliphatic rings. The van der Waals surface area contributed by atoms with Gasteiger partial charge in [-0.1, -0.05) is 49.6 Å². The molecule has 1 aliphatic carbocycles. The van der Waals surface area contributed by atoms with Gasteiger partial charge in [0.15, 0.2) is 0 Å². The highest BCUT2D eigenvalue weighted by Gasteiger charge is 2.37. The number of nitrogens with one attached hydrogen (secondary N) is 2. The Morgan fingerprint density at radius 1 is 1.19 bits per heavy atom. The van der Waals surface area contributed by atoms with Crippen molar-refractivity contribution in [2.45, 2.75) is 89.9 Å². The number of carbonyl (C=O) groups is 3. The number of alkyl carbamates (subject to hydrolysis) is 1. The van der Waals surface area contributed by atoms with E-state index in [1.807, 2.05) is 37.4 Å². The molecule has 0 aliphatic heterocycles. The molecule has 0 bridgehead atoms. The highest BCUT2D eigenvalue weighted by molar-refractivity contribution is 7.98. The van der Waals surface area contributed by atoms with Crippen molar-refractivity contribution in [1.29, 1.82) is 0 Å². The quantitative estimate of drug-likeness (QED) is 0.397. The van der Waals surface area contributed by atoms with E-state index in [-0.39, 0.29) is 24.4 Å². The van der Waals surface area contributed by atoms with Crippen molar-refractivity contribution < 1.29 is 19.1 Å². The summed E-state index contributed by atoms with van der Waals surface area (Å²) in [6.45, 7) is 11.3. The van der Waals surface area contributed by atoms with Crippen LogP contribution in [-0.4, -0.2) is 59.0 Å². The predicted octanol–water partition coefficient (Wildman–Crippen LogP) is 5.15. The molecule has 0 saturated heterocycles. The molecule has 7 nitrogen and oxygen atoms in total. The fourth-order valence-corrected chi connectivity index (χ4v) is 4.95. The summed E-state index contributed by atoms with van der Waals surface area (Å²) in [6.07, 6.45) is 8.58. The first-order valence-corrected chi connectivity index (χ1v) is 14.2. The Labute approximate surface area is 220 Å². The molecule has 0 heterocycles.